The zero-order valence-electron chi connectivity index (χ0n) is 13.6. The van der Waals surface area contributed by atoms with Gasteiger partial charge in [-0.1, -0.05) is 6.92 Å². The predicted molar refractivity (Wildman–Crippen MR) is 92.1 cm³/mol. The molecule has 2 aromatic heterocycles. The summed E-state index contributed by atoms with van der Waals surface area (Å²) in [5.41, 5.74) is 0.366. The number of rotatable bonds is 4. The minimum absolute atomic E-state index is 0.0154. The Bertz CT molecular complexity index is 708. The van der Waals surface area contributed by atoms with Gasteiger partial charge in [0.2, 0.25) is 0 Å². The van der Waals surface area contributed by atoms with E-state index in [1.807, 2.05) is 12.1 Å². The fourth-order valence-corrected chi connectivity index (χ4v) is 3.60. The lowest BCUT2D eigenvalue weighted by Crippen LogP contribution is -2.46. The topological polar surface area (TPSA) is 75.2 Å². The Balaban J connectivity index is 1.52. The minimum atomic E-state index is -0.0984. The van der Waals surface area contributed by atoms with Gasteiger partial charge in [0, 0.05) is 36.4 Å². The first-order chi connectivity index (χ1) is 11.7. The average molecular weight is 344 g/mol. The van der Waals surface area contributed by atoms with E-state index in [4.69, 9.17) is 0 Å². The van der Waals surface area contributed by atoms with Crippen LogP contribution in [0.1, 0.15) is 44.8 Å². The van der Waals surface area contributed by atoms with Gasteiger partial charge >= 0.3 is 0 Å². The van der Waals surface area contributed by atoms with Crippen molar-refractivity contribution in [2.75, 3.05) is 13.1 Å². The van der Waals surface area contributed by atoms with Crippen LogP contribution in [-0.2, 0) is 6.42 Å². The maximum atomic E-state index is 12.3. The number of hydrogen-bond acceptors (Lipinski definition) is 5. The lowest BCUT2D eigenvalue weighted by molar-refractivity contribution is 0.0692. The molecule has 1 saturated heterocycles. The molecule has 0 aliphatic carbocycles. The molecule has 3 heterocycles. The molecule has 1 fully saturated rings. The van der Waals surface area contributed by atoms with E-state index in [1.54, 1.807) is 22.4 Å². The standard InChI is InChI=1S/C17H20N4O2S/c1-2-13-3-4-15(24-13)16(22)20-12-5-9-21(10-6-12)17(23)14-11-18-7-8-19-14/h3-4,7-8,11-12H,2,5-6,9-10H2,1H3,(H,20,22). The number of hydrogen-bond donors (Lipinski definition) is 1. The van der Waals surface area contributed by atoms with Crippen molar-refractivity contribution in [2.24, 2.45) is 0 Å². The smallest absolute Gasteiger partial charge is 0.274 e. The van der Waals surface area contributed by atoms with Crippen LogP contribution in [0.25, 0.3) is 0 Å². The number of nitrogens with zero attached hydrogens (tertiary/aromatic N) is 3. The molecule has 7 heteroatoms. The summed E-state index contributed by atoms with van der Waals surface area (Å²) in [6, 6.07) is 3.99. The molecule has 2 amide bonds. The summed E-state index contributed by atoms with van der Waals surface area (Å²) in [5.74, 6) is -0.114. The quantitative estimate of drug-likeness (QED) is 0.922. The van der Waals surface area contributed by atoms with Crippen LogP contribution in [0.5, 0.6) is 0 Å². The zero-order valence-corrected chi connectivity index (χ0v) is 14.4. The van der Waals surface area contributed by atoms with Gasteiger partial charge in [-0.15, -0.1) is 11.3 Å². The molecule has 0 atom stereocenters. The van der Waals surface area contributed by atoms with Crippen LogP contribution in [0.2, 0.25) is 0 Å². The van der Waals surface area contributed by atoms with E-state index < -0.39 is 0 Å². The molecule has 126 valence electrons. The third kappa shape index (κ3) is 3.79. The maximum Gasteiger partial charge on any atom is 0.274 e. The Hall–Kier alpha value is -2.28. The minimum Gasteiger partial charge on any atom is -0.348 e. The summed E-state index contributed by atoms with van der Waals surface area (Å²) in [5, 5.41) is 3.08. The molecule has 3 rings (SSSR count). The lowest BCUT2D eigenvalue weighted by Gasteiger charge is -2.32. The zero-order chi connectivity index (χ0) is 16.9. The summed E-state index contributed by atoms with van der Waals surface area (Å²) >= 11 is 1.54. The van der Waals surface area contributed by atoms with Crippen molar-refractivity contribution < 1.29 is 9.59 Å². The SMILES string of the molecule is CCc1ccc(C(=O)NC2CCN(C(=O)c3cnccn3)CC2)s1. The van der Waals surface area contributed by atoms with Crippen molar-refractivity contribution in [2.45, 2.75) is 32.2 Å². The summed E-state index contributed by atoms with van der Waals surface area (Å²) in [4.78, 5) is 36.3. The van der Waals surface area contributed by atoms with Gasteiger partial charge in [-0.25, -0.2) is 4.98 Å². The summed E-state index contributed by atoms with van der Waals surface area (Å²) in [6.07, 6.45) is 7.01. The molecule has 0 aromatic carbocycles. The highest BCUT2D eigenvalue weighted by Gasteiger charge is 2.25. The van der Waals surface area contributed by atoms with Gasteiger partial charge in [0.15, 0.2) is 0 Å². The van der Waals surface area contributed by atoms with Crippen LogP contribution < -0.4 is 5.32 Å². The van der Waals surface area contributed by atoms with Crippen molar-refractivity contribution >= 4 is 23.2 Å². The van der Waals surface area contributed by atoms with Crippen LogP contribution in [0.3, 0.4) is 0 Å². The van der Waals surface area contributed by atoms with Gasteiger partial charge in [0.25, 0.3) is 11.8 Å². The Morgan fingerprint density at radius 1 is 1.29 bits per heavy atom. The van der Waals surface area contributed by atoms with Crippen LogP contribution in [0, 0.1) is 0 Å². The molecule has 1 N–H and O–H groups in total. The fourth-order valence-electron chi connectivity index (χ4n) is 2.74. The maximum absolute atomic E-state index is 12.3. The van der Waals surface area contributed by atoms with Crippen LogP contribution in [0.15, 0.2) is 30.7 Å². The molecule has 0 unspecified atom stereocenters. The Labute approximate surface area is 144 Å². The van der Waals surface area contributed by atoms with Crippen molar-refractivity contribution in [3.05, 3.63) is 46.2 Å². The molecule has 0 saturated carbocycles. The van der Waals surface area contributed by atoms with Crippen LogP contribution in [0.4, 0.5) is 0 Å². The predicted octanol–water partition coefficient (Wildman–Crippen LogP) is 2.14. The number of carbonyl (C=O) groups is 2. The van der Waals surface area contributed by atoms with Crippen molar-refractivity contribution in [1.29, 1.82) is 0 Å². The average Bonchev–Trinajstić information content (AvgIpc) is 3.12. The monoisotopic (exact) mass is 344 g/mol. The van der Waals surface area contributed by atoms with Gasteiger partial charge in [0.1, 0.15) is 5.69 Å². The van der Waals surface area contributed by atoms with E-state index in [2.05, 4.69) is 22.2 Å². The van der Waals surface area contributed by atoms with E-state index in [1.165, 1.54) is 17.3 Å². The molecule has 24 heavy (non-hydrogen) atoms. The first-order valence-electron chi connectivity index (χ1n) is 8.12. The molecule has 0 spiro atoms. The molecule has 1 aliphatic heterocycles. The molecular formula is C17H20N4O2S. The second kappa shape index (κ2) is 7.53. The molecule has 1 aliphatic rings. The summed E-state index contributed by atoms with van der Waals surface area (Å²) in [6.45, 7) is 3.31. The second-order valence-corrected chi connectivity index (χ2v) is 6.92. The van der Waals surface area contributed by atoms with Gasteiger partial charge in [-0.05, 0) is 31.4 Å². The fraction of sp³-hybridized carbons (Fsp3) is 0.412. The summed E-state index contributed by atoms with van der Waals surface area (Å²) < 4.78 is 0. The highest BCUT2D eigenvalue weighted by molar-refractivity contribution is 7.14. The molecule has 2 aromatic rings. The number of likely N-dealkylation sites (tertiary alicyclic amines) is 1. The highest BCUT2D eigenvalue weighted by Crippen LogP contribution is 2.18. The molecular weight excluding hydrogens is 324 g/mol. The second-order valence-electron chi connectivity index (χ2n) is 5.75. The molecule has 6 nitrogen and oxygen atoms in total. The Kier molecular flexibility index (Phi) is 5.20. The van der Waals surface area contributed by atoms with Crippen molar-refractivity contribution in [1.82, 2.24) is 20.2 Å². The number of aryl methyl sites for hydroxylation is 1. The third-order valence-electron chi connectivity index (χ3n) is 4.13. The van der Waals surface area contributed by atoms with E-state index in [-0.39, 0.29) is 17.9 Å². The number of amides is 2. The normalized spacial score (nSPS) is 15.3. The molecule has 0 radical (unpaired) electrons. The first-order valence-corrected chi connectivity index (χ1v) is 8.94. The van der Waals surface area contributed by atoms with Gasteiger partial charge < -0.3 is 10.2 Å². The van der Waals surface area contributed by atoms with Crippen LogP contribution in [-0.4, -0.2) is 45.8 Å². The number of carbonyl (C=O) groups excluding carboxylic acids is 2. The van der Waals surface area contributed by atoms with E-state index >= 15 is 0 Å². The highest BCUT2D eigenvalue weighted by atomic mass is 32.1. The summed E-state index contributed by atoms with van der Waals surface area (Å²) in [7, 11) is 0. The number of nitrogens with one attached hydrogen (secondary N) is 1. The number of piperidine rings is 1. The van der Waals surface area contributed by atoms with Gasteiger partial charge in [-0.2, -0.15) is 0 Å². The van der Waals surface area contributed by atoms with E-state index in [0.717, 1.165) is 24.1 Å². The Morgan fingerprint density at radius 2 is 2.08 bits per heavy atom. The first kappa shape index (κ1) is 16.6. The lowest BCUT2D eigenvalue weighted by atomic mass is 10.0. The molecule has 0 bridgehead atoms. The van der Waals surface area contributed by atoms with E-state index in [0.29, 0.717) is 18.8 Å². The van der Waals surface area contributed by atoms with Gasteiger partial charge in [0.05, 0.1) is 11.1 Å². The van der Waals surface area contributed by atoms with Crippen molar-refractivity contribution in [3.63, 3.8) is 0 Å². The largest absolute Gasteiger partial charge is 0.348 e. The van der Waals surface area contributed by atoms with Crippen molar-refractivity contribution in [3.8, 4) is 0 Å². The third-order valence-corrected chi connectivity index (χ3v) is 5.36. The number of aromatic nitrogens is 2. The van der Waals surface area contributed by atoms with Gasteiger partial charge in [-0.3, -0.25) is 14.6 Å². The van der Waals surface area contributed by atoms with E-state index in [9.17, 15) is 9.59 Å². The van der Waals surface area contributed by atoms with Crippen LogP contribution >= 0.6 is 11.3 Å². The Morgan fingerprint density at radius 3 is 2.71 bits per heavy atom. The number of thiophene rings is 1.